The molecule has 0 nitrogen and oxygen atoms in total. The van der Waals surface area contributed by atoms with Gasteiger partial charge in [-0.15, -0.1) is 0 Å². The van der Waals surface area contributed by atoms with Gasteiger partial charge in [0.1, 0.15) is 0 Å². The second kappa shape index (κ2) is 15.6. The molecule has 0 heteroatoms. The molecule has 13 rings (SSSR count). The fraction of sp³-hybridized carbons (Fsp3) is 0. The normalized spacial score (nSPS) is 11.6. The zero-order chi connectivity index (χ0) is 43.6. The van der Waals surface area contributed by atoms with Crippen molar-refractivity contribution in [1.82, 2.24) is 0 Å². The monoisotopic (exact) mass is 834 g/mol. The molecular weight excluding hydrogens is 793 g/mol. The van der Waals surface area contributed by atoms with Crippen LogP contribution in [0.3, 0.4) is 0 Å². The van der Waals surface area contributed by atoms with Gasteiger partial charge in [0, 0.05) is 0 Å². The summed E-state index contributed by atoms with van der Waals surface area (Å²) in [7, 11) is 0. The first-order valence-electron chi connectivity index (χ1n) is 22.9. The van der Waals surface area contributed by atoms with Gasteiger partial charge in [0.05, 0.1) is 0 Å². The lowest BCUT2D eigenvalue weighted by molar-refractivity contribution is 1.63. The molecule has 66 heavy (non-hydrogen) atoms. The van der Waals surface area contributed by atoms with Crippen LogP contribution in [0.25, 0.3) is 131 Å². The van der Waals surface area contributed by atoms with Crippen molar-refractivity contribution >= 4 is 64.6 Å². The van der Waals surface area contributed by atoms with Gasteiger partial charge in [-0.2, -0.15) is 0 Å². The Morgan fingerprint density at radius 1 is 0.121 bits per heavy atom. The summed E-state index contributed by atoms with van der Waals surface area (Å²) in [5.41, 5.74) is 14.9. The van der Waals surface area contributed by atoms with E-state index in [2.05, 4.69) is 255 Å². The van der Waals surface area contributed by atoms with E-state index in [1.165, 1.54) is 131 Å². The topological polar surface area (TPSA) is 0 Å². The van der Waals surface area contributed by atoms with Crippen LogP contribution in [-0.2, 0) is 0 Å². The lowest BCUT2D eigenvalue weighted by Crippen LogP contribution is -1.94. The van der Waals surface area contributed by atoms with E-state index >= 15 is 0 Å². The predicted octanol–water partition coefficient (Wildman–Crippen LogP) is 18.6. The second-order valence-electron chi connectivity index (χ2n) is 17.4. The highest BCUT2D eigenvalue weighted by atomic mass is 14.2. The van der Waals surface area contributed by atoms with E-state index in [0.29, 0.717) is 0 Å². The maximum atomic E-state index is 2.38. The van der Waals surface area contributed by atoms with E-state index in [1.807, 2.05) is 0 Å². The molecule has 0 amide bonds. The Kier molecular flexibility index (Phi) is 8.96. The third kappa shape index (κ3) is 6.00. The SMILES string of the molecule is c1ccc(-c2ccc(-c3ccc(-c4c5ccccc5c(-c5ccc(-c6ccc(-c7ccccc7)c7ccccc67)c6ccccc56)c5ccccc45)c4ccccc34)c3ccccc23)cc1. The van der Waals surface area contributed by atoms with Gasteiger partial charge >= 0.3 is 0 Å². The van der Waals surface area contributed by atoms with Crippen LogP contribution in [-0.4, -0.2) is 0 Å². The molecule has 13 aromatic rings. The Morgan fingerprint density at radius 3 is 0.576 bits per heavy atom. The quantitative estimate of drug-likeness (QED) is 0.146. The van der Waals surface area contributed by atoms with Crippen LogP contribution in [0.5, 0.6) is 0 Å². The lowest BCUT2D eigenvalue weighted by Gasteiger charge is -2.21. The molecule has 0 radical (unpaired) electrons. The highest BCUT2D eigenvalue weighted by molar-refractivity contribution is 6.27. The number of hydrogen-bond acceptors (Lipinski definition) is 0. The molecule has 0 atom stereocenters. The van der Waals surface area contributed by atoms with Gasteiger partial charge < -0.3 is 0 Å². The fourth-order valence-electron chi connectivity index (χ4n) is 11.0. The molecule has 0 spiro atoms. The van der Waals surface area contributed by atoms with Crippen molar-refractivity contribution in [3.63, 3.8) is 0 Å². The molecular formula is C66H42. The third-order valence-corrected chi connectivity index (χ3v) is 13.9. The standard InChI is InChI=1S/C66H42/c1-3-19-43(20-4-1)45-35-37-55(49-25-9-7-23-47(45)49)57-39-41-63(53-29-13-11-27-51(53)57)65-59-31-15-17-33-61(59)66(62-34-18-16-32-60(62)65)64-42-40-58(52-28-12-14-30-54(52)64)56-38-36-46(44-21-5-2-6-22-44)48-24-8-10-26-50(48)56/h1-42H. The molecule has 0 bridgehead atoms. The summed E-state index contributed by atoms with van der Waals surface area (Å²) in [5, 5.41) is 15.0. The van der Waals surface area contributed by atoms with Crippen molar-refractivity contribution in [2.24, 2.45) is 0 Å². The summed E-state index contributed by atoms with van der Waals surface area (Å²) in [6.07, 6.45) is 0. The van der Waals surface area contributed by atoms with Gasteiger partial charge in [0.2, 0.25) is 0 Å². The van der Waals surface area contributed by atoms with Gasteiger partial charge in [-0.1, -0.05) is 255 Å². The number of benzene rings is 13. The van der Waals surface area contributed by atoms with Gasteiger partial charge in [0.15, 0.2) is 0 Å². The minimum Gasteiger partial charge on any atom is -0.0622 e. The first-order chi connectivity index (χ1) is 32.8. The molecule has 306 valence electrons. The zero-order valence-corrected chi connectivity index (χ0v) is 36.2. The van der Waals surface area contributed by atoms with Crippen molar-refractivity contribution in [2.75, 3.05) is 0 Å². The summed E-state index contributed by atoms with van der Waals surface area (Å²) in [6.45, 7) is 0. The van der Waals surface area contributed by atoms with E-state index in [0.717, 1.165) is 0 Å². The van der Waals surface area contributed by atoms with Gasteiger partial charge in [-0.25, -0.2) is 0 Å². The van der Waals surface area contributed by atoms with Crippen molar-refractivity contribution in [2.45, 2.75) is 0 Å². The zero-order valence-electron chi connectivity index (χ0n) is 36.2. The summed E-state index contributed by atoms with van der Waals surface area (Å²) >= 11 is 0. The van der Waals surface area contributed by atoms with Gasteiger partial charge in [0.25, 0.3) is 0 Å². The van der Waals surface area contributed by atoms with E-state index in [-0.39, 0.29) is 0 Å². The summed E-state index contributed by atoms with van der Waals surface area (Å²) in [4.78, 5) is 0. The summed E-state index contributed by atoms with van der Waals surface area (Å²) in [6, 6.07) is 94.0. The Balaban J connectivity index is 1.02. The summed E-state index contributed by atoms with van der Waals surface area (Å²) in [5.74, 6) is 0. The van der Waals surface area contributed by atoms with Crippen LogP contribution in [0, 0.1) is 0 Å². The minimum atomic E-state index is 1.23. The van der Waals surface area contributed by atoms with Crippen LogP contribution in [0.2, 0.25) is 0 Å². The smallest absolute Gasteiger partial charge is 0.00201 e. The van der Waals surface area contributed by atoms with Crippen LogP contribution >= 0.6 is 0 Å². The molecule has 0 saturated heterocycles. The Labute approximate surface area is 384 Å². The van der Waals surface area contributed by atoms with Gasteiger partial charge in [-0.3, -0.25) is 0 Å². The van der Waals surface area contributed by atoms with Crippen molar-refractivity contribution in [1.29, 1.82) is 0 Å². The molecule has 0 heterocycles. The largest absolute Gasteiger partial charge is 0.0622 e. The third-order valence-electron chi connectivity index (χ3n) is 13.9. The first kappa shape index (κ1) is 37.9. The van der Waals surface area contributed by atoms with Crippen LogP contribution in [0.15, 0.2) is 255 Å². The maximum absolute atomic E-state index is 2.38. The van der Waals surface area contributed by atoms with Crippen molar-refractivity contribution in [3.05, 3.63) is 255 Å². The molecule has 0 aromatic heterocycles. The first-order valence-corrected chi connectivity index (χ1v) is 22.9. The predicted molar refractivity (Wildman–Crippen MR) is 284 cm³/mol. The maximum Gasteiger partial charge on any atom is -0.00201 e. The number of rotatable bonds is 6. The molecule has 0 aliphatic carbocycles. The fourth-order valence-corrected chi connectivity index (χ4v) is 11.0. The second-order valence-corrected chi connectivity index (χ2v) is 17.4. The van der Waals surface area contributed by atoms with Crippen LogP contribution in [0.4, 0.5) is 0 Å². The molecule has 0 aliphatic rings. The Bertz CT molecular complexity index is 3710. The molecule has 0 unspecified atom stereocenters. The molecule has 0 fully saturated rings. The van der Waals surface area contributed by atoms with Crippen LogP contribution in [0.1, 0.15) is 0 Å². The molecule has 0 saturated carbocycles. The highest BCUT2D eigenvalue weighted by Crippen LogP contribution is 2.49. The molecule has 0 N–H and O–H groups in total. The highest BCUT2D eigenvalue weighted by Gasteiger charge is 2.22. The van der Waals surface area contributed by atoms with Crippen molar-refractivity contribution < 1.29 is 0 Å². The van der Waals surface area contributed by atoms with E-state index < -0.39 is 0 Å². The minimum absolute atomic E-state index is 1.23. The Hall–Kier alpha value is -8.58. The summed E-state index contributed by atoms with van der Waals surface area (Å²) < 4.78 is 0. The Morgan fingerprint density at radius 2 is 0.303 bits per heavy atom. The lowest BCUT2D eigenvalue weighted by atomic mass is 9.82. The van der Waals surface area contributed by atoms with E-state index in [4.69, 9.17) is 0 Å². The van der Waals surface area contributed by atoms with E-state index in [9.17, 15) is 0 Å². The average molecular weight is 835 g/mol. The van der Waals surface area contributed by atoms with E-state index in [1.54, 1.807) is 0 Å². The van der Waals surface area contributed by atoms with Crippen LogP contribution < -0.4 is 0 Å². The van der Waals surface area contributed by atoms with Crippen molar-refractivity contribution in [3.8, 4) is 66.8 Å². The number of fused-ring (bicyclic) bond motifs is 6. The van der Waals surface area contributed by atoms with Gasteiger partial charge in [-0.05, 0) is 131 Å². The molecule has 0 aliphatic heterocycles. The average Bonchev–Trinajstić information content (AvgIpc) is 3.40. The molecule has 13 aromatic carbocycles. The number of hydrogen-bond donors (Lipinski definition) is 0.